The van der Waals surface area contributed by atoms with E-state index in [0.29, 0.717) is 19.6 Å². The summed E-state index contributed by atoms with van der Waals surface area (Å²) in [4.78, 5) is 18.7. The van der Waals surface area contributed by atoms with Crippen LogP contribution in [0.1, 0.15) is 30.7 Å². The molecular weight excluding hydrogens is 305 g/mol. The summed E-state index contributed by atoms with van der Waals surface area (Å²) in [7, 11) is 0. The second-order valence-electron chi connectivity index (χ2n) is 6.24. The van der Waals surface area contributed by atoms with Crippen molar-refractivity contribution in [1.82, 2.24) is 14.5 Å². The molecule has 0 unspecified atom stereocenters. The third kappa shape index (κ3) is 3.72. The number of imidazole rings is 1. The van der Waals surface area contributed by atoms with Gasteiger partial charge in [0.1, 0.15) is 11.6 Å². The molecule has 24 heavy (non-hydrogen) atoms. The van der Waals surface area contributed by atoms with Crippen LogP contribution < -0.4 is 0 Å². The minimum absolute atomic E-state index is 0.150. The van der Waals surface area contributed by atoms with Crippen LogP contribution in [0.3, 0.4) is 0 Å². The Morgan fingerprint density at radius 1 is 1.46 bits per heavy atom. The third-order valence-corrected chi connectivity index (χ3v) is 4.49. The number of aromatic nitrogens is 2. The smallest absolute Gasteiger partial charge is 0.226 e. The molecule has 0 aliphatic heterocycles. The molecule has 0 saturated heterocycles. The van der Waals surface area contributed by atoms with Gasteiger partial charge in [-0.15, -0.1) is 6.58 Å². The number of halogens is 1. The van der Waals surface area contributed by atoms with Gasteiger partial charge in [0.05, 0.1) is 6.54 Å². The number of carbonyl (C=O) groups is 1. The van der Waals surface area contributed by atoms with Gasteiger partial charge in [-0.25, -0.2) is 9.37 Å². The molecule has 1 saturated carbocycles. The lowest BCUT2D eigenvalue weighted by Crippen LogP contribution is -2.39. The Morgan fingerprint density at radius 3 is 2.96 bits per heavy atom. The van der Waals surface area contributed by atoms with E-state index in [0.717, 1.165) is 30.7 Å². The van der Waals surface area contributed by atoms with Crippen molar-refractivity contribution in [2.24, 2.45) is 5.92 Å². The fraction of sp³-hybridized carbons (Fsp3) is 0.368. The highest BCUT2D eigenvalue weighted by molar-refractivity contribution is 5.79. The van der Waals surface area contributed by atoms with Gasteiger partial charge >= 0.3 is 0 Å². The van der Waals surface area contributed by atoms with E-state index in [9.17, 15) is 9.18 Å². The van der Waals surface area contributed by atoms with Crippen molar-refractivity contribution in [3.05, 3.63) is 66.5 Å². The first kappa shape index (κ1) is 16.4. The van der Waals surface area contributed by atoms with Crippen molar-refractivity contribution in [2.45, 2.75) is 32.4 Å². The van der Waals surface area contributed by atoms with E-state index in [-0.39, 0.29) is 17.6 Å². The fourth-order valence-electron chi connectivity index (χ4n) is 2.94. The lowest BCUT2D eigenvalue weighted by Gasteiger charge is -2.31. The maximum atomic E-state index is 13.4. The number of hydrogen-bond donors (Lipinski definition) is 0. The quantitative estimate of drug-likeness (QED) is 0.731. The van der Waals surface area contributed by atoms with Crippen LogP contribution in [-0.4, -0.2) is 26.9 Å². The van der Waals surface area contributed by atoms with E-state index in [2.05, 4.69) is 11.6 Å². The Bertz CT molecular complexity index is 721. The first-order valence-corrected chi connectivity index (χ1v) is 8.31. The van der Waals surface area contributed by atoms with Crippen molar-refractivity contribution in [1.29, 1.82) is 0 Å². The largest absolute Gasteiger partial charge is 0.331 e. The van der Waals surface area contributed by atoms with Crippen LogP contribution in [0.25, 0.3) is 0 Å². The molecule has 1 aromatic heterocycles. The Morgan fingerprint density at radius 2 is 2.29 bits per heavy atom. The predicted molar refractivity (Wildman–Crippen MR) is 90.7 cm³/mol. The van der Waals surface area contributed by atoms with Crippen LogP contribution >= 0.6 is 0 Å². The molecule has 0 spiro atoms. The molecule has 1 aliphatic carbocycles. The van der Waals surface area contributed by atoms with Crippen LogP contribution in [0.5, 0.6) is 0 Å². The van der Waals surface area contributed by atoms with E-state index >= 15 is 0 Å². The van der Waals surface area contributed by atoms with Gasteiger partial charge in [-0.3, -0.25) is 4.79 Å². The molecule has 1 fully saturated rings. The third-order valence-electron chi connectivity index (χ3n) is 4.49. The van der Waals surface area contributed by atoms with E-state index in [1.165, 1.54) is 12.1 Å². The molecule has 0 bridgehead atoms. The number of rotatable bonds is 7. The predicted octanol–water partition coefficient (Wildman–Crippen LogP) is 3.39. The standard InChI is InChI=1S/C19H22FN3O/c1-2-10-23(19(24)16-6-4-7-16)14-18-21-9-11-22(18)13-15-5-3-8-17(20)12-15/h2-3,5,8-9,11-12,16H,1,4,6-7,10,13-14H2. The summed E-state index contributed by atoms with van der Waals surface area (Å²) in [6.07, 6.45) is 8.41. The van der Waals surface area contributed by atoms with Crippen LogP contribution in [0.15, 0.2) is 49.3 Å². The van der Waals surface area contributed by atoms with Crippen LogP contribution in [0.4, 0.5) is 4.39 Å². The van der Waals surface area contributed by atoms with Gasteiger partial charge in [0.2, 0.25) is 5.91 Å². The minimum Gasteiger partial charge on any atom is -0.331 e. The molecule has 1 aliphatic rings. The average molecular weight is 327 g/mol. The summed E-state index contributed by atoms with van der Waals surface area (Å²) >= 11 is 0. The molecule has 1 heterocycles. The number of amides is 1. The van der Waals surface area contributed by atoms with E-state index < -0.39 is 0 Å². The van der Waals surface area contributed by atoms with E-state index in [4.69, 9.17) is 0 Å². The highest BCUT2D eigenvalue weighted by atomic mass is 19.1. The number of nitrogens with zero attached hydrogens (tertiary/aromatic N) is 3. The zero-order valence-electron chi connectivity index (χ0n) is 13.7. The summed E-state index contributed by atoms with van der Waals surface area (Å²) < 4.78 is 15.3. The molecule has 0 radical (unpaired) electrons. The monoisotopic (exact) mass is 327 g/mol. The SMILES string of the molecule is C=CCN(Cc1nccn1Cc1cccc(F)c1)C(=O)C1CCC1. The summed E-state index contributed by atoms with van der Waals surface area (Å²) in [5, 5.41) is 0. The summed E-state index contributed by atoms with van der Waals surface area (Å²) in [5.74, 6) is 0.884. The van der Waals surface area contributed by atoms with E-state index in [1.807, 2.05) is 16.8 Å². The summed E-state index contributed by atoms with van der Waals surface area (Å²) in [6.45, 7) is 5.25. The first-order chi connectivity index (χ1) is 11.7. The van der Waals surface area contributed by atoms with Gasteiger partial charge in [0.15, 0.2) is 0 Å². The van der Waals surface area contributed by atoms with E-state index in [1.54, 1.807) is 23.2 Å². The summed E-state index contributed by atoms with van der Waals surface area (Å²) in [5.41, 5.74) is 0.870. The molecule has 126 valence electrons. The minimum atomic E-state index is -0.248. The molecule has 0 N–H and O–H groups in total. The van der Waals surface area contributed by atoms with Gasteiger partial charge in [-0.05, 0) is 30.5 Å². The van der Waals surface area contributed by atoms with Gasteiger partial charge in [-0.2, -0.15) is 0 Å². The van der Waals surface area contributed by atoms with Gasteiger partial charge in [0, 0.05) is 31.4 Å². The van der Waals surface area contributed by atoms with Gasteiger partial charge in [0.25, 0.3) is 0 Å². The molecular formula is C19H22FN3O. The zero-order chi connectivity index (χ0) is 16.9. The normalized spacial score (nSPS) is 14.2. The second-order valence-corrected chi connectivity index (χ2v) is 6.24. The summed E-state index contributed by atoms with van der Waals surface area (Å²) in [6, 6.07) is 6.53. The highest BCUT2D eigenvalue weighted by Crippen LogP contribution is 2.28. The molecule has 3 rings (SSSR count). The lowest BCUT2D eigenvalue weighted by atomic mass is 9.84. The van der Waals surface area contributed by atoms with Crippen LogP contribution in [-0.2, 0) is 17.9 Å². The van der Waals surface area contributed by atoms with Crippen molar-refractivity contribution in [3.63, 3.8) is 0 Å². The fourth-order valence-corrected chi connectivity index (χ4v) is 2.94. The van der Waals surface area contributed by atoms with Crippen molar-refractivity contribution in [2.75, 3.05) is 6.54 Å². The number of benzene rings is 1. The van der Waals surface area contributed by atoms with Gasteiger partial charge < -0.3 is 9.47 Å². The Kier molecular flexibility index (Phi) is 5.08. The highest BCUT2D eigenvalue weighted by Gasteiger charge is 2.29. The number of carbonyl (C=O) groups excluding carboxylic acids is 1. The van der Waals surface area contributed by atoms with Crippen LogP contribution in [0, 0.1) is 11.7 Å². The van der Waals surface area contributed by atoms with Crippen LogP contribution in [0.2, 0.25) is 0 Å². The lowest BCUT2D eigenvalue weighted by molar-refractivity contribution is -0.138. The van der Waals surface area contributed by atoms with Crippen molar-refractivity contribution < 1.29 is 9.18 Å². The molecule has 1 amide bonds. The molecule has 0 atom stereocenters. The zero-order valence-corrected chi connectivity index (χ0v) is 13.7. The average Bonchev–Trinajstić information content (AvgIpc) is 2.92. The Labute approximate surface area is 141 Å². The maximum Gasteiger partial charge on any atom is 0.226 e. The van der Waals surface area contributed by atoms with Crippen molar-refractivity contribution >= 4 is 5.91 Å². The maximum absolute atomic E-state index is 13.4. The molecule has 4 nitrogen and oxygen atoms in total. The Balaban J connectivity index is 1.73. The first-order valence-electron chi connectivity index (χ1n) is 8.31. The topological polar surface area (TPSA) is 38.1 Å². The molecule has 1 aromatic carbocycles. The Hall–Kier alpha value is -2.43. The molecule has 5 heteroatoms. The van der Waals surface area contributed by atoms with Crippen molar-refractivity contribution in [3.8, 4) is 0 Å². The number of hydrogen-bond acceptors (Lipinski definition) is 2. The molecule has 2 aromatic rings. The second kappa shape index (κ2) is 7.43. The van der Waals surface area contributed by atoms with Gasteiger partial charge in [-0.1, -0.05) is 24.6 Å².